The molecular weight excluding hydrogens is 753 g/mol. The number of carboxylic acids is 1. The first-order valence-corrected chi connectivity index (χ1v) is 20.9. The highest BCUT2D eigenvalue weighted by Crippen LogP contribution is 2.52. The molecule has 4 fully saturated rings. The van der Waals surface area contributed by atoms with Crippen molar-refractivity contribution in [3.05, 3.63) is 29.6 Å². The van der Waals surface area contributed by atoms with Crippen LogP contribution in [-0.2, 0) is 19.1 Å². The van der Waals surface area contributed by atoms with Gasteiger partial charge in [-0.05, 0) is 74.8 Å². The summed E-state index contributed by atoms with van der Waals surface area (Å²) >= 11 is 1.45. The van der Waals surface area contributed by atoms with Crippen molar-refractivity contribution in [2.75, 3.05) is 25.1 Å². The summed E-state index contributed by atoms with van der Waals surface area (Å²) in [5, 5.41) is 31.7. The largest absolute Gasteiger partial charge is 0.491 e. The van der Waals surface area contributed by atoms with Crippen LogP contribution in [0.25, 0.3) is 22.3 Å². The summed E-state index contributed by atoms with van der Waals surface area (Å²) < 4.78 is 18.2. The summed E-state index contributed by atoms with van der Waals surface area (Å²) in [6.45, 7) is 11.4. The lowest BCUT2D eigenvalue weighted by Gasteiger charge is -2.35. The third kappa shape index (κ3) is 8.76. The molecule has 2 unspecified atom stereocenters. The van der Waals surface area contributed by atoms with Gasteiger partial charge in [-0.2, -0.15) is 0 Å². The SMILES string of the molecule is CC[C@@H]1C[C@]1(NC(=O)[C@@H]1C[C@H](Oc2cc(-c3csc(NC(C)C)n3)nc3cc(OCCO)ccc23)CN1C(=O)[C@@H](NC(=O)OC1CC2C[C@H]2C1)C(C)(C)C)C(=O)O. The predicted molar refractivity (Wildman–Crippen MR) is 213 cm³/mol. The number of hydrogen-bond acceptors (Lipinski definition) is 12. The van der Waals surface area contributed by atoms with Crippen LogP contribution in [0, 0.1) is 23.2 Å². The first kappa shape index (κ1) is 40.5. The van der Waals surface area contributed by atoms with Crippen LogP contribution in [-0.4, -0.2) is 105 Å². The number of aliphatic carboxylic acids is 1. The molecule has 4 aliphatic rings. The molecule has 1 saturated heterocycles. The number of carboxylic acid groups (broad SMARTS) is 1. The standard InChI is InChI=1S/C41H54N6O9S/c1-7-24-18-41(24,37(51)52)46-35(49)32-16-27(19-47(32)36(50)34(40(4,5)6)45-39(53)56-26-13-22-12-23(22)14-26)55-33-17-30(31-20-57-38(44-31)42-21(2)3)43-29-15-25(54-11-10-48)8-9-28(29)33/h8-9,15,17,20-24,26-27,32,34,48H,7,10-14,16,18-19H2,1-6H3,(H,42,44)(H,45,53)(H,46,49)(H,51,52)/t22-,23?,24+,26?,27-,32-,34+,41+/m0/s1. The Morgan fingerprint density at radius 1 is 1.04 bits per heavy atom. The Labute approximate surface area is 336 Å². The lowest BCUT2D eigenvalue weighted by Crippen LogP contribution is -2.59. The molecule has 8 atom stereocenters. The Morgan fingerprint density at radius 2 is 1.79 bits per heavy atom. The number of amides is 3. The molecule has 3 aromatic rings. The number of rotatable bonds is 15. The van der Waals surface area contributed by atoms with E-state index in [1.165, 1.54) is 22.7 Å². The number of fused-ring (bicyclic) bond motifs is 2. The number of pyridine rings is 1. The van der Waals surface area contributed by atoms with Crippen LogP contribution in [0.4, 0.5) is 9.93 Å². The van der Waals surface area contributed by atoms with E-state index < -0.39 is 53.0 Å². The Balaban J connectivity index is 1.19. The number of hydrogen-bond donors (Lipinski definition) is 5. The number of alkyl carbamates (subject to hydrolysis) is 1. The van der Waals surface area contributed by atoms with Gasteiger partial charge in [-0.15, -0.1) is 11.3 Å². The Bertz CT molecular complexity index is 2010. The van der Waals surface area contributed by atoms with Crippen molar-refractivity contribution in [2.24, 2.45) is 23.2 Å². The van der Waals surface area contributed by atoms with Gasteiger partial charge in [0.25, 0.3) is 0 Å². The van der Waals surface area contributed by atoms with E-state index in [4.69, 9.17) is 24.2 Å². The number of aliphatic hydroxyl groups excluding tert-OH is 1. The molecule has 1 aliphatic heterocycles. The first-order valence-electron chi connectivity index (χ1n) is 20.0. The van der Waals surface area contributed by atoms with Crippen molar-refractivity contribution in [3.8, 4) is 22.9 Å². The van der Waals surface area contributed by atoms with Crippen LogP contribution < -0.4 is 25.4 Å². The highest BCUT2D eigenvalue weighted by molar-refractivity contribution is 7.14. The van der Waals surface area contributed by atoms with Gasteiger partial charge in [0.15, 0.2) is 5.13 Å². The van der Waals surface area contributed by atoms with E-state index in [2.05, 4.69) is 16.0 Å². The number of thiazole rings is 1. The Morgan fingerprint density at radius 3 is 2.44 bits per heavy atom. The van der Waals surface area contributed by atoms with E-state index in [9.17, 15) is 29.4 Å². The maximum absolute atomic E-state index is 14.7. The molecule has 15 nitrogen and oxygen atoms in total. The van der Waals surface area contributed by atoms with Crippen LogP contribution >= 0.6 is 11.3 Å². The molecule has 1 aromatic carbocycles. The topological polar surface area (TPSA) is 202 Å². The van der Waals surface area contributed by atoms with Crippen molar-refractivity contribution >= 4 is 51.2 Å². The van der Waals surface area contributed by atoms with E-state index in [0.29, 0.717) is 58.5 Å². The fraction of sp³-hybridized carbons (Fsp3) is 0.610. The van der Waals surface area contributed by atoms with Crippen molar-refractivity contribution in [3.63, 3.8) is 0 Å². The summed E-state index contributed by atoms with van der Waals surface area (Å²) in [5.41, 5.74) is -0.490. The van der Waals surface area contributed by atoms with Crippen molar-refractivity contribution in [1.82, 2.24) is 25.5 Å². The molecule has 5 N–H and O–H groups in total. The monoisotopic (exact) mass is 806 g/mol. The van der Waals surface area contributed by atoms with E-state index in [0.717, 1.165) is 18.0 Å². The molecule has 2 aromatic heterocycles. The van der Waals surface area contributed by atoms with Gasteiger partial charge in [-0.25, -0.2) is 19.6 Å². The molecule has 0 bridgehead atoms. The number of carbonyl (C=O) groups is 4. The van der Waals surface area contributed by atoms with Gasteiger partial charge in [0, 0.05) is 35.4 Å². The molecule has 308 valence electrons. The molecule has 3 amide bonds. The zero-order valence-electron chi connectivity index (χ0n) is 33.4. The second-order valence-electron chi connectivity index (χ2n) is 17.3. The van der Waals surface area contributed by atoms with E-state index in [-0.39, 0.29) is 44.2 Å². The number of carbonyl (C=O) groups excluding carboxylic acids is 3. The van der Waals surface area contributed by atoms with Crippen LogP contribution in [0.1, 0.15) is 80.1 Å². The summed E-state index contributed by atoms with van der Waals surface area (Å²) in [6, 6.07) is 5.11. The molecule has 16 heteroatoms. The number of nitrogens with zero attached hydrogens (tertiary/aromatic N) is 3. The molecule has 0 spiro atoms. The van der Waals surface area contributed by atoms with Gasteiger partial charge in [-0.3, -0.25) is 9.59 Å². The Kier molecular flexibility index (Phi) is 11.3. The minimum absolute atomic E-state index is 0.0144. The van der Waals surface area contributed by atoms with Crippen LogP contribution in [0.5, 0.6) is 11.5 Å². The maximum Gasteiger partial charge on any atom is 0.408 e. The van der Waals surface area contributed by atoms with E-state index in [1.54, 1.807) is 24.3 Å². The zero-order valence-corrected chi connectivity index (χ0v) is 34.2. The maximum atomic E-state index is 14.7. The van der Waals surface area contributed by atoms with Gasteiger partial charge in [0.1, 0.15) is 53.6 Å². The lowest BCUT2D eigenvalue weighted by molar-refractivity contribution is -0.146. The summed E-state index contributed by atoms with van der Waals surface area (Å²) in [4.78, 5) is 65.6. The number of aliphatic hydroxyl groups is 1. The smallest absolute Gasteiger partial charge is 0.408 e. The number of anilines is 1. The van der Waals surface area contributed by atoms with Gasteiger partial charge in [0.2, 0.25) is 11.8 Å². The number of ether oxygens (including phenoxy) is 3. The second kappa shape index (κ2) is 15.9. The first-order chi connectivity index (χ1) is 27.1. The van der Waals surface area contributed by atoms with Gasteiger partial charge >= 0.3 is 12.1 Å². The number of aromatic nitrogens is 2. The average Bonchev–Trinajstić information content (AvgIpc) is 3.82. The summed E-state index contributed by atoms with van der Waals surface area (Å²) in [5.74, 6) is -0.277. The number of likely N-dealkylation sites (tertiary alicyclic amines) is 1. The van der Waals surface area contributed by atoms with Crippen molar-refractivity contribution in [1.29, 1.82) is 0 Å². The Hall–Kier alpha value is -4.70. The van der Waals surface area contributed by atoms with E-state index in [1.807, 2.05) is 46.9 Å². The minimum atomic E-state index is -1.41. The molecule has 0 radical (unpaired) electrons. The van der Waals surface area contributed by atoms with Gasteiger partial charge < -0.3 is 45.3 Å². The van der Waals surface area contributed by atoms with E-state index >= 15 is 0 Å². The average molecular weight is 807 g/mol. The summed E-state index contributed by atoms with van der Waals surface area (Å²) in [6.07, 6.45) is 2.18. The van der Waals surface area contributed by atoms with Crippen LogP contribution in [0.3, 0.4) is 0 Å². The third-order valence-electron chi connectivity index (χ3n) is 11.6. The summed E-state index contributed by atoms with van der Waals surface area (Å²) in [7, 11) is 0. The molecule has 3 aliphatic carbocycles. The minimum Gasteiger partial charge on any atom is -0.491 e. The fourth-order valence-corrected chi connectivity index (χ4v) is 9.24. The number of nitrogens with one attached hydrogen (secondary N) is 3. The quantitative estimate of drug-likeness (QED) is 0.135. The molecular formula is C41H54N6O9S. The highest BCUT2D eigenvalue weighted by atomic mass is 32.1. The predicted octanol–water partition coefficient (Wildman–Crippen LogP) is 5.21. The molecule has 7 rings (SSSR count). The van der Waals surface area contributed by atoms with Crippen LogP contribution in [0.15, 0.2) is 29.6 Å². The van der Waals surface area contributed by atoms with Gasteiger partial charge in [0.05, 0.1) is 24.4 Å². The van der Waals surface area contributed by atoms with Gasteiger partial charge in [-0.1, -0.05) is 34.1 Å². The second-order valence-corrected chi connectivity index (χ2v) is 18.2. The van der Waals surface area contributed by atoms with Crippen molar-refractivity contribution < 1.29 is 43.6 Å². The highest BCUT2D eigenvalue weighted by Gasteiger charge is 2.61. The van der Waals surface area contributed by atoms with Crippen molar-refractivity contribution in [2.45, 2.75) is 116 Å². The zero-order chi connectivity index (χ0) is 40.8. The molecule has 57 heavy (non-hydrogen) atoms. The molecule has 3 heterocycles. The van der Waals surface area contributed by atoms with Crippen LogP contribution in [0.2, 0.25) is 0 Å². The third-order valence-corrected chi connectivity index (χ3v) is 12.4. The fourth-order valence-electron chi connectivity index (χ4n) is 8.38. The molecule has 3 saturated carbocycles. The number of benzene rings is 1. The normalized spacial score (nSPS) is 26.8. The lowest BCUT2D eigenvalue weighted by atomic mass is 9.85.